The summed E-state index contributed by atoms with van der Waals surface area (Å²) >= 11 is 12.2. The molecule has 6 nitrogen and oxygen atoms in total. The van der Waals surface area contributed by atoms with Crippen LogP contribution in [0.3, 0.4) is 0 Å². The lowest BCUT2D eigenvalue weighted by Gasteiger charge is -2.14. The molecule has 1 aliphatic rings. The second-order valence-corrected chi connectivity index (χ2v) is 9.67. The van der Waals surface area contributed by atoms with Crippen molar-refractivity contribution < 1.29 is 24.2 Å². The van der Waals surface area contributed by atoms with E-state index in [0.29, 0.717) is 40.2 Å². The van der Waals surface area contributed by atoms with Gasteiger partial charge in [0.1, 0.15) is 24.1 Å². The van der Waals surface area contributed by atoms with Crippen molar-refractivity contribution in [2.45, 2.75) is 13.2 Å². The first-order valence-electron chi connectivity index (χ1n) is 10.5. The maximum absolute atomic E-state index is 12.6. The number of thiocarbonyl (C=S) groups is 1. The van der Waals surface area contributed by atoms with E-state index in [2.05, 4.69) is 0 Å². The van der Waals surface area contributed by atoms with Gasteiger partial charge in [-0.2, -0.15) is 0 Å². The Morgan fingerprint density at radius 3 is 2.31 bits per heavy atom. The van der Waals surface area contributed by atoms with Gasteiger partial charge in [0.2, 0.25) is 0 Å². The van der Waals surface area contributed by atoms with Crippen molar-refractivity contribution in [3.05, 3.63) is 99.4 Å². The highest BCUT2D eigenvalue weighted by Crippen LogP contribution is 2.35. The van der Waals surface area contributed by atoms with E-state index in [1.807, 2.05) is 42.5 Å². The van der Waals surface area contributed by atoms with Gasteiger partial charge in [0.05, 0.1) is 4.91 Å². The molecule has 0 spiro atoms. The van der Waals surface area contributed by atoms with Crippen molar-refractivity contribution in [3.8, 4) is 11.5 Å². The van der Waals surface area contributed by atoms with Gasteiger partial charge < -0.3 is 14.6 Å². The lowest BCUT2D eigenvalue weighted by Crippen LogP contribution is -2.33. The molecule has 35 heavy (non-hydrogen) atoms. The summed E-state index contributed by atoms with van der Waals surface area (Å²) in [6.45, 7) is 0.194. The fraction of sp³-hybridized carbons (Fsp3) is 0.115. The van der Waals surface area contributed by atoms with E-state index in [1.54, 1.807) is 36.4 Å². The molecule has 1 heterocycles. The van der Waals surface area contributed by atoms with Gasteiger partial charge in [0, 0.05) is 5.02 Å². The zero-order chi connectivity index (χ0) is 24.8. The molecule has 3 aromatic rings. The van der Waals surface area contributed by atoms with Crippen LogP contribution in [-0.4, -0.2) is 32.7 Å². The van der Waals surface area contributed by atoms with Gasteiger partial charge in [-0.1, -0.05) is 84.1 Å². The Balaban J connectivity index is 1.57. The summed E-state index contributed by atoms with van der Waals surface area (Å²) in [5.74, 6) is -0.498. The number of halogens is 1. The molecule has 1 saturated heterocycles. The van der Waals surface area contributed by atoms with Crippen molar-refractivity contribution >= 4 is 57.9 Å². The molecule has 178 valence electrons. The van der Waals surface area contributed by atoms with Gasteiger partial charge in [-0.25, -0.2) is 0 Å². The first kappa shape index (κ1) is 24.8. The number of nitrogens with zero attached hydrogens (tertiary/aromatic N) is 1. The minimum atomic E-state index is -1.12. The number of thioether (sulfide) groups is 1. The lowest BCUT2D eigenvalue weighted by atomic mass is 10.1. The quantitative estimate of drug-likeness (QED) is 0.280. The average molecular weight is 526 g/mol. The molecule has 1 fully saturated rings. The van der Waals surface area contributed by atoms with Crippen molar-refractivity contribution in [1.29, 1.82) is 0 Å². The summed E-state index contributed by atoms with van der Waals surface area (Å²) in [7, 11) is 0. The second-order valence-electron chi connectivity index (χ2n) is 7.56. The molecule has 0 bridgehead atoms. The van der Waals surface area contributed by atoms with E-state index in [1.165, 1.54) is 0 Å². The predicted octanol–water partition coefficient (Wildman–Crippen LogP) is 5.78. The molecule has 1 amide bonds. The Hall–Kier alpha value is -3.33. The Labute approximate surface area is 217 Å². The third kappa shape index (κ3) is 6.63. The van der Waals surface area contributed by atoms with Gasteiger partial charge in [0.15, 0.2) is 11.5 Å². The Morgan fingerprint density at radius 1 is 0.971 bits per heavy atom. The minimum absolute atomic E-state index is 0.215. The number of aliphatic carboxylic acids is 1. The number of carboxylic acids is 1. The standard InChI is InChI=1S/C26H20ClNO5S2/c27-20-9-6-18(7-10-20)16-32-21-11-8-19(12-22(21)33-15-17-4-2-1-3-5-17)13-23-25(31)28(14-24(29)30)26(34)35-23/h1-13H,14-16H2,(H,29,30)/b23-13-. The number of hydrogen-bond acceptors (Lipinski definition) is 6. The maximum Gasteiger partial charge on any atom is 0.323 e. The summed E-state index contributed by atoms with van der Waals surface area (Å²) in [5, 5.41) is 9.68. The van der Waals surface area contributed by atoms with Crippen LogP contribution < -0.4 is 9.47 Å². The number of amides is 1. The molecular weight excluding hydrogens is 506 g/mol. The lowest BCUT2D eigenvalue weighted by molar-refractivity contribution is -0.140. The summed E-state index contributed by atoms with van der Waals surface area (Å²) < 4.78 is 12.3. The zero-order valence-electron chi connectivity index (χ0n) is 18.3. The highest BCUT2D eigenvalue weighted by molar-refractivity contribution is 8.26. The molecule has 9 heteroatoms. The van der Waals surface area contributed by atoms with Crippen LogP contribution in [0, 0.1) is 0 Å². The van der Waals surface area contributed by atoms with Gasteiger partial charge in [-0.15, -0.1) is 0 Å². The van der Waals surface area contributed by atoms with Crippen LogP contribution in [0.15, 0.2) is 77.7 Å². The molecular formula is C26H20ClNO5S2. The van der Waals surface area contributed by atoms with E-state index in [9.17, 15) is 9.59 Å². The number of hydrogen-bond donors (Lipinski definition) is 1. The van der Waals surface area contributed by atoms with Crippen LogP contribution in [0.5, 0.6) is 11.5 Å². The van der Waals surface area contributed by atoms with E-state index in [4.69, 9.17) is 38.4 Å². The molecule has 3 aromatic carbocycles. The molecule has 0 unspecified atom stereocenters. The maximum atomic E-state index is 12.6. The fourth-order valence-corrected chi connectivity index (χ4v) is 4.63. The first-order valence-corrected chi connectivity index (χ1v) is 12.1. The highest BCUT2D eigenvalue weighted by atomic mass is 35.5. The van der Waals surface area contributed by atoms with E-state index >= 15 is 0 Å². The smallest absolute Gasteiger partial charge is 0.323 e. The van der Waals surface area contributed by atoms with E-state index < -0.39 is 18.4 Å². The van der Waals surface area contributed by atoms with Crippen LogP contribution in [0.25, 0.3) is 6.08 Å². The Morgan fingerprint density at radius 2 is 1.63 bits per heavy atom. The zero-order valence-corrected chi connectivity index (χ0v) is 20.7. The molecule has 1 aliphatic heterocycles. The minimum Gasteiger partial charge on any atom is -0.485 e. The van der Waals surface area contributed by atoms with Crippen LogP contribution >= 0.6 is 35.6 Å². The van der Waals surface area contributed by atoms with Crippen LogP contribution in [-0.2, 0) is 22.8 Å². The van der Waals surface area contributed by atoms with Gasteiger partial charge in [-0.05, 0) is 47.0 Å². The fourth-order valence-electron chi connectivity index (χ4n) is 3.25. The molecule has 0 atom stereocenters. The van der Waals surface area contributed by atoms with Crippen molar-refractivity contribution in [2.24, 2.45) is 0 Å². The molecule has 1 N–H and O–H groups in total. The van der Waals surface area contributed by atoms with Gasteiger partial charge in [-0.3, -0.25) is 14.5 Å². The number of benzene rings is 3. The van der Waals surface area contributed by atoms with E-state index in [0.717, 1.165) is 27.8 Å². The molecule has 4 rings (SSSR count). The third-order valence-corrected chi connectivity index (χ3v) is 6.61. The van der Waals surface area contributed by atoms with Crippen LogP contribution in [0.4, 0.5) is 0 Å². The summed E-state index contributed by atoms with van der Waals surface area (Å²) in [6, 6.07) is 22.5. The number of carbonyl (C=O) groups is 2. The summed E-state index contributed by atoms with van der Waals surface area (Å²) in [4.78, 5) is 25.1. The monoisotopic (exact) mass is 525 g/mol. The number of carboxylic acid groups (broad SMARTS) is 1. The summed E-state index contributed by atoms with van der Waals surface area (Å²) in [6.07, 6.45) is 1.67. The van der Waals surface area contributed by atoms with Crippen molar-refractivity contribution in [1.82, 2.24) is 4.90 Å². The van der Waals surface area contributed by atoms with E-state index in [-0.39, 0.29) is 4.32 Å². The second kappa shape index (κ2) is 11.4. The molecule has 0 radical (unpaired) electrons. The Kier molecular flexibility index (Phi) is 8.07. The van der Waals surface area contributed by atoms with Crippen LogP contribution in [0.1, 0.15) is 16.7 Å². The Bertz CT molecular complexity index is 1280. The van der Waals surface area contributed by atoms with Gasteiger partial charge >= 0.3 is 5.97 Å². The predicted molar refractivity (Wildman–Crippen MR) is 141 cm³/mol. The number of rotatable bonds is 9. The molecule has 0 saturated carbocycles. The largest absolute Gasteiger partial charge is 0.485 e. The topological polar surface area (TPSA) is 76.1 Å². The third-order valence-electron chi connectivity index (χ3n) is 4.98. The van der Waals surface area contributed by atoms with Gasteiger partial charge in [0.25, 0.3) is 5.91 Å². The normalized spacial score (nSPS) is 14.4. The SMILES string of the molecule is O=C(O)CN1C(=O)/C(=C/c2ccc(OCc3ccc(Cl)cc3)c(OCc3ccccc3)c2)SC1=S. The number of ether oxygens (including phenoxy) is 2. The van der Waals surface area contributed by atoms with Crippen LogP contribution in [0.2, 0.25) is 5.02 Å². The molecule has 0 aromatic heterocycles. The number of carbonyl (C=O) groups excluding carboxylic acids is 1. The highest BCUT2D eigenvalue weighted by Gasteiger charge is 2.33. The molecule has 0 aliphatic carbocycles. The summed E-state index contributed by atoms with van der Waals surface area (Å²) in [5.41, 5.74) is 2.65. The average Bonchev–Trinajstić information content (AvgIpc) is 3.10. The first-order chi connectivity index (χ1) is 16.9. The van der Waals surface area contributed by atoms with Crippen molar-refractivity contribution in [2.75, 3.05) is 6.54 Å². The van der Waals surface area contributed by atoms with Crippen molar-refractivity contribution in [3.63, 3.8) is 0 Å².